The standard InChI is InChI=1S/C8H10ClF7O2S/c9-3-1-2-5(19(17)18)4-6(10,7(11,12)13)8(14,15)16/h5H,1-4H2,(H,17,18). The maximum atomic E-state index is 13.3. The lowest BCUT2D eigenvalue weighted by Crippen LogP contribution is -2.55. The van der Waals surface area contributed by atoms with Crippen LogP contribution >= 0.6 is 11.6 Å². The van der Waals surface area contributed by atoms with Crippen LogP contribution in [-0.4, -0.2) is 37.9 Å². The van der Waals surface area contributed by atoms with Crippen LogP contribution in [0.3, 0.4) is 0 Å². The molecule has 11 heteroatoms. The van der Waals surface area contributed by atoms with Gasteiger partial charge in [0.25, 0.3) is 5.67 Å². The van der Waals surface area contributed by atoms with Gasteiger partial charge in [0.05, 0.1) is 5.25 Å². The van der Waals surface area contributed by atoms with E-state index in [1.165, 1.54) is 0 Å². The van der Waals surface area contributed by atoms with E-state index in [2.05, 4.69) is 0 Å². The maximum absolute atomic E-state index is 13.3. The zero-order valence-electron chi connectivity index (χ0n) is 9.19. The van der Waals surface area contributed by atoms with Gasteiger partial charge in [0, 0.05) is 12.3 Å². The summed E-state index contributed by atoms with van der Waals surface area (Å²) in [6.07, 6.45) is -15.2. The molecule has 0 saturated heterocycles. The van der Waals surface area contributed by atoms with E-state index in [0.29, 0.717) is 0 Å². The molecular weight excluding hydrogens is 329 g/mol. The zero-order valence-corrected chi connectivity index (χ0v) is 10.8. The van der Waals surface area contributed by atoms with E-state index in [-0.39, 0.29) is 12.3 Å². The molecule has 2 unspecified atom stereocenters. The molecule has 116 valence electrons. The number of halogens is 8. The quantitative estimate of drug-likeness (QED) is 0.454. The number of hydrogen-bond acceptors (Lipinski definition) is 1. The predicted octanol–water partition coefficient (Wildman–Crippen LogP) is 3.82. The number of alkyl halides is 8. The Morgan fingerprint density at radius 1 is 1.05 bits per heavy atom. The van der Waals surface area contributed by atoms with Crippen molar-refractivity contribution in [1.29, 1.82) is 0 Å². The van der Waals surface area contributed by atoms with Crippen molar-refractivity contribution < 1.29 is 39.5 Å². The van der Waals surface area contributed by atoms with E-state index in [9.17, 15) is 34.9 Å². The first kappa shape index (κ1) is 18.9. The Balaban J connectivity index is 5.26. The van der Waals surface area contributed by atoms with Crippen LogP contribution in [0.1, 0.15) is 19.3 Å². The maximum Gasteiger partial charge on any atom is 0.431 e. The van der Waals surface area contributed by atoms with Gasteiger partial charge in [-0.3, -0.25) is 0 Å². The van der Waals surface area contributed by atoms with E-state index in [1.807, 2.05) is 0 Å². The lowest BCUT2D eigenvalue weighted by atomic mass is 9.96. The third-order valence-corrected chi connectivity index (χ3v) is 3.59. The van der Waals surface area contributed by atoms with Gasteiger partial charge >= 0.3 is 12.4 Å². The fourth-order valence-corrected chi connectivity index (χ4v) is 2.18. The zero-order chi connectivity index (χ0) is 15.5. The topological polar surface area (TPSA) is 37.3 Å². The molecule has 0 saturated carbocycles. The van der Waals surface area contributed by atoms with Crippen molar-refractivity contribution in [2.75, 3.05) is 5.88 Å². The summed E-state index contributed by atoms with van der Waals surface area (Å²) in [4.78, 5) is 0. The molecule has 2 atom stereocenters. The summed E-state index contributed by atoms with van der Waals surface area (Å²) in [7, 11) is 0. The lowest BCUT2D eigenvalue weighted by Gasteiger charge is -2.32. The van der Waals surface area contributed by atoms with Crippen LogP contribution in [-0.2, 0) is 11.1 Å². The van der Waals surface area contributed by atoms with Gasteiger partial charge in [-0.2, -0.15) is 26.3 Å². The van der Waals surface area contributed by atoms with Gasteiger partial charge in [0.15, 0.2) is 11.1 Å². The molecule has 19 heavy (non-hydrogen) atoms. The second-order valence-electron chi connectivity index (χ2n) is 3.73. The summed E-state index contributed by atoms with van der Waals surface area (Å²) in [6.45, 7) is 0. The minimum absolute atomic E-state index is 0.107. The van der Waals surface area contributed by atoms with Crippen molar-refractivity contribution in [3.8, 4) is 0 Å². The van der Waals surface area contributed by atoms with E-state index in [0.717, 1.165) is 0 Å². The van der Waals surface area contributed by atoms with Gasteiger partial charge in [-0.25, -0.2) is 8.60 Å². The fourth-order valence-electron chi connectivity index (χ4n) is 1.28. The van der Waals surface area contributed by atoms with E-state index in [1.54, 1.807) is 0 Å². The smallest absolute Gasteiger partial charge is 0.306 e. The molecule has 0 radical (unpaired) electrons. The van der Waals surface area contributed by atoms with E-state index >= 15 is 0 Å². The molecule has 0 aromatic rings. The van der Waals surface area contributed by atoms with Crippen molar-refractivity contribution in [3.05, 3.63) is 0 Å². The number of rotatable bonds is 6. The Morgan fingerprint density at radius 3 is 1.74 bits per heavy atom. The van der Waals surface area contributed by atoms with Gasteiger partial charge in [-0.05, 0) is 12.8 Å². The van der Waals surface area contributed by atoms with Crippen LogP contribution in [0.2, 0.25) is 0 Å². The molecule has 2 nitrogen and oxygen atoms in total. The molecule has 0 spiro atoms. The largest absolute Gasteiger partial charge is 0.431 e. The molecular formula is C8H10ClF7O2S. The highest BCUT2D eigenvalue weighted by atomic mass is 35.5. The Morgan fingerprint density at radius 2 is 1.47 bits per heavy atom. The van der Waals surface area contributed by atoms with Crippen LogP contribution in [0, 0.1) is 0 Å². The average Bonchev–Trinajstić information content (AvgIpc) is 2.20. The summed E-state index contributed by atoms with van der Waals surface area (Å²) >= 11 is 2.16. The van der Waals surface area contributed by atoms with Crippen LogP contribution in [0.5, 0.6) is 0 Å². The van der Waals surface area contributed by atoms with Crippen LogP contribution < -0.4 is 0 Å². The SMILES string of the molecule is O=S(O)C(CCCCl)CC(F)(C(F)(F)F)C(F)(F)F. The highest BCUT2D eigenvalue weighted by Gasteiger charge is 2.72. The van der Waals surface area contributed by atoms with Crippen molar-refractivity contribution in [3.63, 3.8) is 0 Å². The molecule has 0 aliphatic rings. The normalized spacial score (nSPS) is 17.3. The second-order valence-corrected chi connectivity index (χ2v) is 5.33. The minimum atomic E-state index is -6.22. The Kier molecular flexibility index (Phi) is 6.54. The van der Waals surface area contributed by atoms with Crippen molar-refractivity contribution >= 4 is 22.7 Å². The highest BCUT2D eigenvalue weighted by Crippen LogP contribution is 2.49. The first-order chi connectivity index (χ1) is 8.37. The molecule has 0 heterocycles. The van der Waals surface area contributed by atoms with Gasteiger partial charge in [-0.15, -0.1) is 11.6 Å². The molecule has 0 rings (SSSR count). The molecule has 1 N–H and O–H groups in total. The van der Waals surface area contributed by atoms with Gasteiger partial charge in [0.1, 0.15) is 0 Å². The minimum Gasteiger partial charge on any atom is -0.306 e. The van der Waals surface area contributed by atoms with Crippen LogP contribution in [0.15, 0.2) is 0 Å². The summed E-state index contributed by atoms with van der Waals surface area (Å²) in [5.41, 5.74) is -5.52. The predicted molar refractivity (Wildman–Crippen MR) is 55.1 cm³/mol. The van der Waals surface area contributed by atoms with Crippen LogP contribution in [0.25, 0.3) is 0 Å². The molecule has 0 amide bonds. The Hall–Kier alpha value is -0.0900. The molecule has 0 aromatic carbocycles. The average molecular weight is 339 g/mol. The lowest BCUT2D eigenvalue weighted by molar-refractivity contribution is -0.343. The fraction of sp³-hybridized carbons (Fsp3) is 1.00. The van der Waals surface area contributed by atoms with Gasteiger partial charge in [-0.1, -0.05) is 0 Å². The summed E-state index contributed by atoms with van der Waals surface area (Å²) < 4.78 is 106. The monoisotopic (exact) mass is 338 g/mol. The molecule has 0 aliphatic carbocycles. The highest BCUT2D eigenvalue weighted by molar-refractivity contribution is 7.79. The third kappa shape index (κ3) is 4.75. The second kappa shape index (κ2) is 6.57. The summed E-state index contributed by atoms with van der Waals surface area (Å²) in [5, 5.41) is -2.01. The Labute approximate surface area is 111 Å². The Bertz CT molecular complexity index is 303. The molecule has 0 aromatic heterocycles. The van der Waals surface area contributed by atoms with E-state index in [4.69, 9.17) is 16.2 Å². The third-order valence-electron chi connectivity index (χ3n) is 2.35. The molecule has 0 bridgehead atoms. The first-order valence-corrected chi connectivity index (χ1v) is 6.55. The van der Waals surface area contributed by atoms with Gasteiger partial charge < -0.3 is 4.55 Å². The number of hydrogen-bond donors (Lipinski definition) is 1. The molecule has 0 fully saturated rings. The van der Waals surface area contributed by atoms with Crippen molar-refractivity contribution in [1.82, 2.24) is 0 Å². The first-order valence-electron chi connectivity index (χ1n) is 4.85. The van der Waals surface area contributed by atoms with Crippen molar-refractivity contribution in [2.45, 2.75) is 42.5 Å². The molecule has 0 aliphatic heterocycles. The summed E-state index contributed by atoms with van der Waals surface area (Å²) in [5.74, 6) is -0.134. The van der Waals surface area contributed by atoms with Crippen LogP contribution in [0.4, 0.5) is 30.7 Å². The van der Waals surface area contributed by atoms with Crippen molar-refractivity contribution in [2.24, 2.45) is 0 Å². The summed E-state index contributed by atoms with van der Waals surface area (Å²) in [6, 6.07) is 0. The van der Waals surface area contributed by atoms with Gasteiger partial charge in [0.2, 0.25) is 0 Å². The van der Waals surface area contributed by atoms with E-state index < -0.39 is 47.2 Å².